The highest BCUT2D eigenvalue weighted by molar-refractivity contribution is 5.98. The number of aliphatic hydroxyl groups is 2. The highest BCUT2D eigenvalue weighted by Gasteiger charge is 2.41. The summed E-state index contributed by atoms with van der Waals surface area (Å²) in [5.41, 5.74) is 18.3. The molecule has 0 bridgehead atoms. The van der Waals surface area contributed by atoms with Crippen molar-refractivity contribution in [2.75, 3.05) is 19.6 Å². The number of amides is 7. The third-order valence-electron chi connectivity index (χ3n) is 11.6. The Labute approximate surface area is 410 Å². The van der Waals surface area contributed by atoms with Gasteiger partial charge in [0.25, 0.3) is 0 Å². The molecule has 3 aromatic rings. The standard InChI is InChI=1S/C48H65N11O12/c1-27(60)39(45(68)54-33(15-9-21-52-48(50)51)46(69)59-22-10-16-37(59)44(67)58-40(28(2)61)47(70)71)57-43(66)36(25-31-17-19-32(62)20-18-31)56-42(65)35(24-30-13-7-4-8-14-30)55-41(64)34(53-38(63)26-49)23-29-11-5-3-6-12-29/h3-8,11-14,17-20,27-28,33-37,39-40,60-62H,9-10,15-16,21-26,49H2,1-2H3,(H,53,63)(H,54,68)(H,55,64)(H,56,65)(H,57,66)(H,58,67)(H,70,71)(H4,50,51,52). The number of rotatable bonds is 26. The van der Waals surface area contributed by atoms with Gasteiger partial charge in [-0.25, -0.2) is 4.79 Å². The minimum atomic E-state index is -1.76. The first-order valence-electron chi connectivity index (χ1n) is 23.1. The summed E-state index contributed by atoms with van der Waals surface area (Å²) in [4.78, 5) is 114. The number of guanidine groups is 1. The fraction of sp³-hybridized carbons (Fsp3) is 0.438. The summed E-state index contributed by atoms with van der Waals surface area (Å²) in [6.07, 6.45) is -2.86. The summed E-state index contributed by atoms with van der Waals surface area (Å²) in [6.45, 7) is 2.04. The average molecular weight is 988 g/mol. The number of likely N-dealkylation sites (tertiary alicyclic amines) is 1. The number of aliphatic carboxylic acids is 1. The van der Waals surface area contributed by atoms with Crippen molar-refractivity contribution in [3.63, 3.8) is 0 Å². The summed E-state index contributed by atoms with van der Waals surface area (Å²) in [5, 5.41) is 55.8. The molecule has 1 fully saturated rings. The molecule has 9 atom stereocenters. The number of nitrogens with zero attached hydrogens (tertiary/aromatic N) is 2. The molecule has 3 aromatic carbocycles. The minimum absolute atomic E-state index is 0.0253. The summed E-state index contributed by atoms with van der Waals surface area (Å²) in [6, 6.07) is 13.1. The van der Waals surface area contributed by atoms with Gasteiger partial charge in [-0.2, -0.15) is 0 Å². The number of carbonyl (C=O) groups excluding carboxylic acids is 7. The lowest BCUT2D eigenvalue weighted by Crippen LogP contribution is -2.62. The Bertz CT molecular complexity index is 2320. The van der Waals surface area contributed by atoms with E-state index in [1.54, 1.807) is 60.7 Å². The molecular formula is C48H65N11O12. The van der Waals surface area contributed by atoms with Crippen LogP contribution >= 0.6 is 0 Å². The molecular weight excluding hydrogens is 923 g/mol. The SMILES string of the molecule is CC(O)C(NC(=O)C1CCCN1C(=O)C(CCCN=C(N)N)NC(=O)C(NC(=O)C(Cc1ccc(O)cc1)NC(=O)C(Cc1ccccc1)NC(=O)C(Cc1ccccc1)NC(=O)CN)C(C)O)C(=O)O. The van der Waals surface area contributed by atoms with E-state index < -0.39 is 108 Å². The molecule has 7 amide bonds. The maximum absolute atomic E-state index is 14.4. The van der Waals surface area contributed by atoms with Gasteiger partial charge in [0.1, 0.15) is 42.0 Å². The average Bonchev–Trinajstić information content (AvgIpc) is 3.83. The zero-order chi connectivity index (χ0) is 52.2. The molecule has 9 unspecified atom stereocenters. The molecule has 4 rings (SSSR count). The number of carboxylic acids is 1. The number of carboxylic acid groups (broad SMARTS) is 1. The fourth-order valence-corrected chi connectivity index (χ4v) is 7.82. The Morgan fingerprint density at radius 2 is 1.13 bits per heavy atom. The van der Waals surface area contributed by atoms with Crippen LogP contribution in [-0.4, -0.2) is 153 Å². The second kappa shape index (κ2) is 27.5. The zero-order valence-corrected chi connectivity index (χ0v) is 39.5. The van der Waals surface area contributed by atoms with Crippen LogP contribution in [0, 0.1) is 0 Å². The number of aliphatic hydroxyl groups excluding tert-OH is 2. The first-order valence-corrected chi connectivity index (χ1v) is 23.1. The van der Waals surface area contributed by atoms with Crippen LogP contribution in [0.1, 0.15) is 56.2 Å². The van der Waals surface area contributed by atoms with E-state index in [2.05, 4.69) is 36.9 Å². The van der Waals surface area contributed by atoms with Crippen LogP contribution in [-0.2, 0) is 57.6 Å². The molecule has 1 aliphatic heterocycles. The van der Waals surface area contributed by atoms with Crippen LogP contribution in [0.5, 0.6) is 5.75 Å². The Hall–Kier alpha value is -7.63. The molecule has 71 heavy (non-hydrogen) atoms. The van der Waals surface area contributed by atoms with E-state index in [-0.39, 0.29) is 63.3 Å². The molecule has 1 aliphatic rings. The third-order valence-corrected chi connectivity index (χ3v) is 11.6. The molecule has 23 heteroatoms. The smallest absolute Gasteiger partial charge is 0.328 e. The molecule has 16 N–H and O–H groups in total. The molecule has 0 aliphatic carbocycles. The van der Waals surface area contributed by atoms with E-state index in [0.717, 1.165) is 0 Å². The Morgan fingerprint density at radius 3 is 1.61 bits per heavy atom. The van der Waals surface area contributed by atoms with Crippen molar-refractivity contribution in [2.24, 2.45) is 22.2 Å². The Balaban J connectivity index is 1.63. The van der Waals surface area contributed by atoms with Crippen molar-refractivity contribution in [3.05, 3.63) is 102 Å². The van der Waals surface area contributed by atoms with E-state index in [9.17, 15) is 58.8 Å². The lowest BCUT2D eigenvalue weighted by Gasteiger charge is -2.31. The predicted molar refractivity (Wildman–Crippen MR) is 258 cm³/mol. The summed E-state index contributed by atoms with van der Waals surface area (Å²) < 4.78 is 0. The second-order valence-corrected chi connectivity index (χ2v) is 17.2. The van der Waals surface area contributed by atoms with Crippen molar-refractivity contribution in [1.29, 1.82) is 0 Å². The number of carbonyl (C=O) groups is 8. The molecule has 384 valence electrons. The molecule has 0 radical (unpaired) electrons. The van der Waals surface area contributed by atoms with Crippen LogP contribution in [0.15, 0.2) is 89.9 Å². The summed E-state index contributed by atoms with van der Waals surface area (Å²) >= 11 is 0. The first-order chi connectivity index (χ1) is 33.8. The van der Waals surface area contributed by atoms with Crippen molar-refractivity contribution < 1.29 is 58.8 Å². The van der Waals surface area contributed by atoms with Gasteiger partial charge in [0.05, 0.1) is 18.8 Å². The lowest BCUT2D eigenvalue weighted by atomic mass is 10.0. The highest BCUT2D eigenvalue weighted by Crippen LogP contribution is 2.21. The number of nitrogens with two attached hydrogens (primary N) is 3. The van der Waals surface area contributed by atoms with E-state index in [0.29, 0.717) is 23.1 Å². The van der Waals surface area contributed by atoms with Crippen molar-refractivity contribution >= 4 is 53.3 Å². The van der Waals surface area contributed by atoms with Gasteiger partial charge in [0.2, 0.25) is 41.4 Å². The van der Waals surface area contributed by atoms with Crippen molar-refractivity contribution in [1.82, 2.24) is 36.8 Å². The Morgan fingerprint density at radius 1 is 0.648 bits per heavy atom. The topological polar surface area (TPSA) is 383 Å². The number of phenols is 1. The van der Waals surface area contributed by atoms with Crippen molar-refractivity contribution in [3.8, 4) is 5.75 Å². The second-order valence-electron chi connectivity index (χ2n) is 17.2. The van der Waals surface area contributed by atoms with Gasteiger partial charge in [0.15, 0.2) is 12.0 Å². The predicted octanol–water partition coefficient (Wildman–Crippen LogP) is -2.82. The van der Waals surface area contributed by atoms with Gasteiger partial charge in [-0.3, -0.25) is 38.6 Å². The van der Waals surface area contributed by atoms with Gasteiger partial charge < -0.3 is 74.4 Å². The fourth-order valence-electron chi connectivity index (χ4n) is 7.82. The van der Waals surface area contributed by atoms with Gasteiger partial charge in [-0.05, 0) is 68.4 Å². The van der Waals surface area contributed by atoms with Gasteiger partial charge in [0, 0.05) is 32.4 Å². The van der Waals surface area contributed by atoms with Crippen LogP contribution in [0.4, 0.5) is 0 Å². The minimum Gasteiger partial charge on any atom is -0.508 e. The lowest BCUT2D eigenvalue weighted by molar-refractivity contribution is -0.147. The summed E-state index contributed by atoms with van der Waals surface area (Å²) in [5.74, 6) is -7.64. The maximum Gasteiger partial charge on any atom is 0.328 e. The molecule has 0 aromatic heterocycles. The monoisotopic (exact) mass is 987 g/mol. The van der Waals surface area contributed by atoms with Crippen LogP contribution in [0.25, 0.3) is 0 Å². The number of hydrogen-bond acceptors (Lipinski definition) is 13. The largest absolute Gasteiger partial charge is 0.508 e. The zero-order valence-electron chi connectivity index (χ0n) is 39.5. The van der Waals surface area contributed by atoms with Gasteiger partial charge >= 0.3 is 5.97 Å². The van der Waals surface area contributed by atoms with E-state index in [1.807, 2.05) is 0 Å². The number of phenolic OH excluding ortho intramolecular Hbond substituents is 1. The van der Waals surface area contributed by atoms with Crippen LogP contribution < -0.4 is 49.1 Å². The first kappa shape index (κ1) is 56.0. The normalized spacial score (nSPS) is 16.5. The Kier molecular flexibility index (Phi) is 21.7. The van der Waals surface area contributed by atoms with E-state index in [4.69, 9.17) is 17.2 Å². The van der Waals surface area contributed by atoms with Crippen LogP contribution in [0.3, 0.4) is 0 Å². The van der Waals surface area contributed by atoms with E-state index in [1.165, 1.54) is 43.0 Å². The number of aliphatic imine (C=N–C) groups is 1. The number of aromatic hydroxyl groups is 1. The number of benzene rings is 3. The number of nitrogens with one attached hydrogen (secondary N) is 6. The third kappa shape index (κ3) is 17.7. The maximum atomic E-state index is 14.4. The summed E-state index contributed by atoms with van der Waals surface area (Å²) in [7, 11) is 0. The van der Waals surface area contributed by atoms with Gasteiger partial charge in [-0.1, -0.05) is 72.8 Å². The van der Waals surface area contributed by atoms with E-state index >= 15 is 0 Å². The molecule has 1 heterocycles. The van der Waals surface area contributed by atoms with Gasteiger partial charge in [-0.15, -0.1) is 0 Å². The molecule has 1 saturated heterocycles. The number of hydrogen-bond donors (Lipinski definition) is 13. The van der Waals surface area contributed by atoms with Crippen LogP contribution in [0.2, 0.25) is 0 Å². The quantitative estimate of drug-likeness (QED) is 0.0219. The van der Waals surface area contributed by atoms with Crippen molar-refractivity contribution in [2.45, 2.75) is 113 Å². The molecule has 0 saturated carbocycles. The molecule has 23 nitrogen and oxygen atoms in total. The molecule has 0 spiro atoms. The highest BCUT2D eigenvalue weighted by atomic mass is 16.4.